The van der Waals surface area contributed by atoms with Crippen LogP contribution in [0.4, 0.5) is 0 Å². The molecule has 0 aliphatic heterocycles. The number of esters is 1. The largest absolute Gasteiger partial charge is 0.462 e. The van der Waals surface area contributed by atoms with Gasteiger partial charge in [-0.2, -0.15) is 0 Å². The van der Waals surface area contributed by atoms with Crippen LogP contribution in [0.3, 0.4) is 0 Å². The Morgan fingerprint density at radius 2 is 1.62 bits per heavy atom. The second kappa shape index (κ2) is 17.7. The van der Waals surface area contributed by atoms with Crippen molar-refractivity contribution in [2.45, 2.75) is 182 Å². The third-order valence-corrected chi connectivity index (χ3v) is 13.4. The molecule has 0 heterocycles. The van der Waals surface area contributed by atoms with Crippen molar-refractivity contribution in [2.24, 2.45) is 46.3 Å². The van der Waals surface area contributed by atoms with Gasteiger partial charge in [0.1, 0.15) is 6.10 Å². The third-order valence-electron chi connectivity index (χ3n) is 13.4. The maximum Gasteiger partial charge on any atom is 0.306 e. The van der Waals surface area contributed by atoms with Gasteiger partial charge < -0.3 is 4.74 Å². The number of carbonyl (C=O) groups excluding carboxylic acids is 1. The van der Waals surface area contributed by atoms with Crippen molar-refractivity contribution in [3.05, 3.63) is 36.0 Å². The molecular formula is C43H72O2. The van der Waals surface area contributed by atoms with Crippen LogP contribution in [0.5, 0.6) is 0 Å². The minimum atomic E-state index is 0.0462. The zero-order valence-corrected chi connectivity index (χ0v) is 30.6. The van der Waals surface area contributed by atoms with Gasteiger partial charge in [-0.3, -0.25) is 4.79 Å². The summed E-state index contributed by atoms with van der Waals surface area (Å²) in [7, 11) is 0. The molecule has 8 atom stereocenters. The molecule has 1 unspecified atom stereocenters. The fourth-order valence-electron chi connectivity index (χ4n) is 10.7. The topological polar surface area (TPSA) is 26.3 Å². The molecular weight excluding hydrogens is 548 g/mol. The molecule has 4 aliphatic rings. The number of rotatable bonds is 18. The lowest BCUT2D eigenvalue weighted by molar-refractivity contribution is -0.151. The highest BCUT2D eigenvalue weighted by molar-refractivity contribution is 5.69. The number of fused-ring (bicyclic) bond motifs is 5. The second-order valence-corrected chi connectivity index (χ2v) is 16.9. The summed E-state index contributed by atoms with van der Waals surface area (Å²) < 4.78 is 6.11. The Bertz CT molecular complexity index is 988. The van der Waals surface area contributed by atoms with Crippen molar-refractivity contribution >= 4 is 5.97 Å². The van der Waals surface area contributed by atoms with E-state index in [9.17, 15) is 4.79 Å². The van der Waals surface area contributed by atoms with E-state index in [1.807, 2.05) is 0 Å². The van der Waals surface area contributed by atoms with Gasteiger partial charge in [-0.05, 0) is 123 Å². The lowest BCUT2D eigenvalue weighted by Gasteiger charge is -2.58. The Balaban J connectivity index is 1.16. The van der Waals surface area contributed by atoms with Crippen molar-refractivity contribution in [1.29, 1.82) is 0 Å². The van der Waals surface area contributed by atoms with Crippen LogP contribution in [0.1, 0.15) is 176 Å². The SMILES string of the molecule is CCC/C=C/C/C=C/CCCCCCCC(=O)O[C@H]1CC[C@@]2(C)C(=CC[C@@H]3[C@@H]2CC[C@]2(C)C([C@H](C)CCCC(C)C)CC[C@@H]32)C1. The lowest BCUT2D eigenvalue weighted by atomic mass is 9.47. The molecule has 4 aliphatic carbocycles. The molecule has 0 aromatic rings. The van der Waals surface area contributed by atoms with Gasteiger partial charge in [0.05, 0.1) is 0 Å². The first-order valence-electron chi connectivity index (χ1n) is 19.9. The van der Waals surface area contributed by atoms with Gasteiger partial charge in [-0.25, -0.2) is 0 Å². The highest BCUT2D eigenvalue weighted by atomic mass is 16.5. The molecule has 0 N–H and O–H groups in total. The first-order chi connectivity index (χ1) is 21.7. The molecule has 0 amide bonds. The van der Waals surface area contributed by atoms with Gasteiger partial charge in [0, 0.05) is 12.8 Å². The molecule has 0 spiro atoms. The normalized spacial score (nSPS) is 33.7. The Morgan fingerprint density at radius 1 is 0.867 bits per heavy atom. The maximum absolute atomic E-state index is 12.8. The van der Waals surface area contributed by atoms with Crippen LogP contribution in [-0.4, -0.2) is 12.1 Å². The van der Waals surface area contributed by atoms with E-state index in [-0.39, 0.29) is 12.1 Å². The third kappa shape index (κ3) is 9.63. The van der Waals surface area contributed by atoms with Crippen LogP contribution in [-0.2, 0) is 9.53 Å². The molecule has 256 valence electrons. The number of ether oxygens (including phenoxy) is 1. The van der Waals surface area contributed by atoms with E-state index < -0.39 is 0 Å². The summed E-state index contributed by atoms with van der Waals surface area (Å²) in [6, 6.07) is 0. The van der Waals surface area contributed by atoms with E-state index in [1.165, 1.54) is 96.3 Å². The predicted octanol–water partition coefficient (Wildman–Crippen LogP) is 13.0. The van der Waals surface area contributed by atoms with Gasteiger partial charge in [0.25, 0.3) is 0 Å². The summed E-state index contributed by atoms with van der Waals surface area (Å²) in [6.45, 7) is 14.9. The summed E-state index contributed by atoms with van der Waals surface area (Å²) in [6.07, 6.45) is 37.6. The Labute approximate surface area is 279 Å². The van der Waals surface area contributed by atoms with Gasteiger partial charge in [0.2, 0.25) is 0 Å². The van der Waals surface area contributed by atoms with E-state index in [4.69, 9.17) is 4.74 Å². The predicted molar refractivity (Wildman–Crippen MR) is 193 cm³/mol. The van der Waals surface area contributed by atoms with Crippen molar-refractivity contribution in [3.63, 3.8) is 0 Å². The molecule has 45 heavy (non-hydrogen) atoms. The number of unbranched alkanes of at least 4 members (excludes halogenated alkanes) is 6. The van der Waals surface area contributed by atoms with Crippen LogP contribution in [0.2, 0.25) is 0 Å². The molecule has 0 bridgehead atoms. The Kier molecular flexibility index (Phi) is 14.4. The Hall–Kier alpha value is -1.31. The van der Waals surface area contributed by atoms with E-state index in [0.717, 1.165) is 67.6 Å². The van der Waals surface area contributed by atoms with E-state index in [2.05, 4.69) is 71.9 Å². The zero-order valence-electron chi connectivity index (χ0n) is 30.6. The lowest BCUT2D eigenvalue weighted by Crippen LogP contribution is -2.51. The second-order valence-electron chi connectivity index (χ2n) is 16.9. The number of hydrogen-bond acceptors (Lipinski definition) is 2. The van der Waals surface area contributed by atoms with Crippen molar-refractivity contribution in [2.75, 3.05) is 0 Å². The standard InChI is InChI=1S/C43H72O2/c1-7-8-9-10-11-12-13-14-15-16-17-18-19-23-41(44)45-36-28-30-42(5)35(32-36)24-25-37-39-27-26-38(34(4)22-20-21-33(2)3)43(39,6)31-29-40(37)42/h9-10,12-13,24,33-34,36-40H,7-8,11,14-23,25-32H2,1-6H3/b10-9+,13-12+/t34-,36+,37+,38?,39+,40+,42+,43-/m1/s1. The van der Waals surface area contributed by atoms with Gasteiger partial charge in [-0.15, -0.1) is 0 Å². The molecule has 3 fully saturated rings. The summed E-state index contributed by atoms with van der Waals surface area (Å²) in [5.41, 5.74) is 2.52. The number of carbonyl (C=O) groups is 1. The first kappa shape index (κ1) is 36.5. The summed E-state index contributed by atoms with van der Waals surface area (Å²) in [5.74, 6) is 5.30. The minimum Gasteiger partial charge on any atom is -0.462 e. The fourth-order valence-corrected chi connectivity index (χ4v) is 10.7. The summed E-state index contributed by atoms with van der Waals surface area (Å²) in [4.78, 5) is 12.8. The van der Waals surface area contributed by atoms with Crippen molar-refractivity contribution in [3.8, 4) is 0 Å². The molecule has 3 saturated carbocycles. The monoisotopic (exact) mass is 621 g/mol. The van der Waals surface area contributed by atoms with Crippen LogP contribution in [0.25, 0.3) is 0 Å². The molecule has 4 rings (SSSR count). The average molecular weight is 621 g/mol. The fraction of sp³-hybridized carbons (Fsp3) is 0.837. The molecule has 0 saturated heterocycles. The van der Waals surface area contributed by atoms with Crippen LogP contribution in [0.15, 0.2) is 36.0 Å². The molecule has 0 radical (unpaired) electrons. The molecule has 2 heteroatoms. The summed E-state index contributed by atoms with van der Waals surface area (Å²) in [5, 5.41) is 0. The smallest absolute Gasteiger partial charge is 0.306 e. The first-order valence-corrected chi connectivity index (χ1v) is 19.9. The summed E-state index contributed by atoms with van der Waals surface area (Å²) >= 11 is 0. The van der Waals surface area contributed by atoms with Gasteiger partial charge >= 0.3 is 5.97 Å². The van der Waals surface area contributed by atoms with Crippen molar-refractivity contribution in [1.82, 2.24) is 0 Å². The highest BCUT2D eigenvalue weighted by Gasteiger charge is 2.59. The maximum atomic E-state index is 12.8. The Morgan fingerprint density at radius 3 is 2.40 bits per heavy atom. The van der Waals surface area contributed by atoms with Crippen LogP contribution >= 0.6 is 0 Å². The van der Waals surface area contributed by atoms with Crippen LogP contribution < -0.4 is 0 Å². The number of allylic oxidation sites excluding steroid dienone is 5. The van der Waals surface area contributed by atoms with Crippen LogP contribution in [0, 0.1) is 46.3 Å². The van der Waals surface area contributed by atoms with E-state index in [0.29, 0.717) is 17.3 Å². The molecule has 0 aromatic heterocycles. The van der Waals surface area contributed by atoms with Crippen molar-refractivity contribution < 1.29 is 9.53 Å². The quantitative estimate of drug-likeness (QED) is 0.0865. The van der Waals surface area contributed by atoms with E-state index in [1.54, 1.807) is 5.57 Å². The average Bonchev–Trinajstić information content (AvgIpc) is 3.37. The molecule has 0 aromatic carbocycles. The molecule has 2 nitrogen and oxygen atoms in total. The highest BCUT2D eigenvalue weighted by Crippen LogP contribution is 2.67. The zero-order chi connectivity index (χ0) is 32.3. The number of hydrogen-bond donors (Lipinski definition) is 0. The van der Waals surface area contributed by atoms with Gasteiger partial charge in [-0.1, -0.05) is 122 Å². The van der Waals surface area contributed by atoms with Gasteiger partial charge in [0.15, 0.2) is 0 Å². The minimum absolute atomic E-state index is 0.0462. The van der Waals surface area contributed by atoms with E-state index >= 15 is 0 Å².